The standard InChI is InChI=1S/C25H32O3/c1-18-17-28-23-13-12-20(15-21(23)24(18)26-2)22-11-7-8-14-25(22,27-3)16-19-9-5-4-6-10-19/h4-6,9-10,12-13,15,18,22,24H,7-8,11,14,16-17H2,1-3H3. The van der Waals surface area contributed by atoms with E-state index >= 15 is 0 Å². The van der Waals surface area contributed by atoms with Crippen LogP contribution in [0.4, 0.5) is 0 Å². The van der Waals surface area contributed by atoms with Crippen molar-refractivity contribution in [3.05, 3.63) is 65.2 Å². The summed E-state index contributed by atoms with van der Waals surface area (Å²) in [6.07, 6.45) is 5.78. The molecule has 150 valence electrons. The molecule has 1 saturated carbocycles. The Labute approximate surface area is 169 Å². The Kier molecular flexibility index (Phi) is 5.75. The van der Waals surface area contributed by atoms with Gasteiger partial charge < -0.3 is 14.2 Å². The number of benzene rings is 2. The normalized spacial score (nSPS) is 29.8. The van der Waals surface area contributed by atoms with E-state index in [1.54, 1.807) is 7.11 Å². The van der Waals surface area contributed by atoms with E-state index in [1.165, 1.54) is 29.5 Å². The molecule has 1 aliphatic heterocycles. The molecule has 4 rings (SSSR count). The second kappa shape index (κ2) is 8.26. The van der Waals surface area contributed by atoms with Crippen LogP contribution in [0, 0.1) is 5.92 Å². The molecular formula is C25H32O3. The van der Waals surface area contributed by atoms with Crippen molar-refractivity contribution >= 4 is 0 Å². The summed E-state index contributed by atoms with van der Waals surface area (Å²) in [4.78, 5) is 0. The molecular weight excluding hydrogens is 348 g/mol. The molecule has 2 aliphatic rings. The first-order valence-electron chi connectivity index (χ1n) is 10.6. The van der Waals surface area contributed by atoms with Gasteiger partial charge in [-0.2, -0.15) is 0 Å². The molecule has 0 amide bonds. The highest BCUT2D eigenvalue weighted by atomic mass is 16.5. The van der Waals surface area contributed by atoms with Gasteiger partial charge in [0, 0.05) is 38.0 Å². The monoisotopic (exact) mass is 380 g/mol. The van der Waals surface area contributed by atoms with Crippen LogP contribution in [0.3, 0.4) is 0 Å². The van der Waals surface area contributed by atoms with E-state index in [2.05, 4.69) is 55.5 Å². The summed E-state index contributed by atoms with van der Waals surface area (Å²) >= 11 is 0. The first-order chi connectivity index (χ1) is 13.7. The lowest BCUT2D eigenvalue weighted by Crippen LogP contribution is -2.43. The molecule has 28 heavy (non-hydrogen) atoms. The van der Waals surface area contributed by atoms with Crippen molar-refractivity contribution in [1.29, 1.82) is 0 Å². The summed E-state index contributed by atoms with van der Waals surface area (Å²) in [5, 5.41) is 0. The minimum Gasteiger partial charge on any atom is -0.493 e. The molecule has 2 aromatic rings. The van der Waals surface area contributed by atoms with Gasteiger partial charge in [0.15, 0.2) is 0 Å². The zero-order valence-corrected chi connectivity index (χ0v) is 17.3. The number of fused-ring (bicyclic) bond motifs is 1. The summed E-state index contributed by atoms with van der Waals surface area (Å²) in [5.74, 6) is 1.71. The van der Waals surface area contributed by atoms with Gasteiger partial charge in [0.2, 0.25) is 0 Å². The smallest absolute Gasteiger partial charge is 0.125 e. The second-order valence-electron chi connectivity index (χ2n) is 8.47. The average Bonchev–Trinajstić information content (AvgIpc) is 2.74. The summed E-state index contributed by atoms with van der Waals surface area (Å²) in [6, 6.07) is 17.5. The minimum absolute atomic E-state index is 0.0957. The van der Waals surface area contributed by atoms with Crippen molar-refractivity contribution in [2.24, 2.45) is 5.92 Å². The first-order valence-corrected chi connectivity index (χ1v) is 10.6. The Morgan fingerprint density at radius 3 is 2.64 bits per heavy atom. The Morgan fingerprint density at radius 1 is 1.07 bits per heavy atom. The van der Waals surface area contributed by atoms with Gasteiger partial charge in [0.05, 0.1) is 18.3 Å². The highest BCUT2D eigenvalue weighted by Crippen LogP contribution is 2.47. The maximum Gasteiger partial charge on any atom is 0.125 e. The molecule has 4 atom stereocenters. The van der Waals surface area contributed by atoms with E-state index < -0.39 is 0 Å². The number of ether oxygens (including phenoxy) is 3. The summed E-state index contributed by atoms with van der Waals surface area (Å²) in [5.41, 5.74) is 3.74. The molecule has 0 saturated heterocycles. The van der Waals surface area contributed by atoms with Crippen LogP contribution in [-0.2, 0) is 15.9 Å². The average molecular weight is 381 g/mol. The molecule has 3 nitrogen and oxygen atoms in total. The van der Waals surface area contributed by atoms with Gasteiger partial charge in [-0.25, -0.2) is 0 Å². The molecule has 0 radical (unpaired) electrons. The van der Waals surface area contributed by atoms with Crippen LogP contribution in [-0.4, -0.2) is 26.4 Å². The Morgan fingerprint density at radius 2 is 1.89 bits per heavy atom. The first kappa shape index (κ1) is 19.5. The number of hydrogen-bond donors (Lipinski definition) is 0. The summed E-state index contributed by atoms with van der Waals surface area (Å²) < 4.78 is 18.1. The van der Waals surface area contributed by atoms with Crippen molar-refractivity contribution in [2.45, 2.75) is 56.7 Å². The summed E-state index contributed by atoms with van der Waals surface area (Å²) in [7, 11) is 3.70. The minimum atomic E-state index is -0.155. The molecule has 3 heteroatoms. The van der Waals surface area contributed by atoms with Crippen LogP contribution >= 0.6 is 0 Å². The molecule has 0 bridgehead atoms. The zero-order valence-electron chi connectivity index (χ0n) is 17.3. The highest BCUT2D eigenvalue weighted by molar-refractivity contribution is 5.43. The third kappa shape index (κ3) is 3.58. The van der Waals surface area contributed by atoms with Crippen molar-refractivity contribution in [3.63, 3.8) is 0 Å². The molecule has 4 unspecified atom stereocenters. The Hall–Kier alpha value is -1.84. The van der Waals surface area contributed by atoms with Crippen molar-refractivity contribution in [2.75, 3.05) is 20.8 Å². The lowest BCUT2D eigenvalue weighted by molar-refractivity contribution is -0.0564. The molecule has 1 fully saturated rings. The quantitative estimate of drug-likeness (QED) is 0.667. The van der Waals surface area contributed by atoms with Crippen molar-refractivity contribution < 1.29 is 14.2 Å². The fourth-order valence-corrected chi connectivity index (χ4v) is 5.26. The van der Waals surface area contributed by atoms with E-state index in [9.17, 15) is 0 Å². The topological polar surface area (TPSA) is 27.7 Å². The van der Waals surface area contributed by atoms with Crippen LogP contribution in [0.5, 0.6) is 5.75 Å². The van der Waals surface area contributed by atoms with Gasteiger partial charge in [-0.1, -0.05) is 56.2 Å². The summed E-state index contributed by atoms with van der Waals surface area (Å²) in [6.45, 7) is 2.91. The molecule has 1 heterocycles. The largest absolute Gasteiger partial charge is 0.493 e. The van der Waals surface area contributed by atoms with Gasteiger partial charge in [0.1, 0.15) is 5.75 Å². The van der Waals surface area contributed by atoms with Crippen LogP contribution in [0.1, 0.15) is 61.3 Å². The van der Waals surface area contributed by atoms with Crippen LogP contribution in [0.2, 0.25) is 0 Å². The number of methoxy groups -OCH3 is 2. The Bertz CT molecular complexity index is 788. The second-order valence-corrected chi connectivity index (χ2v) is 8.47. The predicted octanol–water partition coefficient (Wildman–Crippen LogP) is 5.69. The molecule has 0 N–H and O–H groups in total. The van der Waals surface area contributed by atoms with Crippen LogP contribution in [0.25, 0.3) is 0 Å². The third-order valence-electron chi connectivity index (χ3n) is 6.75. The van der Waals surface area contributed by atoms with Crippen molar-refractivity contribution in [1.82, 2.24) is 0 Å². The SMILES string of the molecule is COC1c2cc(C3CCCCC3(Cc3ccccc3)OC)ccc2OCC1C. The van der Waals surface area contributed by atoms with Gasteiger partial charge in [-0.3, -0.25) is 0 Å². The molecule has 1 aliphatic carbocycles. The number of rotatable bonds is 5. The Balaban J connectivity index is 1.70. The van der Waals surface area contributed by atoms with Gasteiger partial charge in [0.25, 0.3) is 0 Å². The van der Waals surface area contributed by atoms with E-state index in [0.717, 1.165) is 25.0 Å². The lowest BCUT2D eigenvalue weighted by atomic mass is 9.68. The van der Waals surface area contributed by atoms with Crippen molar-refractivity contribution in [3.8, 4) is 5.75 Å². The number of hydrogen-bond acceptors (Lipinski definition) is 3. The molecule has 2 aromatic carbocycles. The molecule has 0 spiro atoms. The van der Waals surface area contributed by atoms with Gasteiger partial charge in [-0.15, -0.1) is 0 Å². The van der Waals surface area contributed by atoms with Crippen LogP contribution < -0.4 is 4.74 Å². The van der Waals surface area contributed by atoms with Gasteiger partial charge >= 0.3 is 0 Å². The highest BCUT2D eigenvalue weighted by Gasteiger charge is 2.42. The van der Waals surface area contributed by atoms with Gasteiger partial charge in [-0.05, 0) is 36.1 Å². The zero-order chi connectivity index (χ0) is 19.6. The van der Waals surface area contributed by atoms with E-state index in [4.69, 9.17) is 14.2 Å². The maximum absolute atomic E-state index is 6.31. The van der Waals surface area contributed by atoms with Crippen LogP contribution in [0.15, 0.2) is 48.5 Å². The predicted molar refractivity (Wildman–Crippen MR) is 112 cm³/mol. The van der Waals surface area contributed by atoms with E-state index in [1.807, 2.05) is 7.11 Å². The third-order valence-corrected chi connectivity index (χ3v) is 6.75. The fourth-order valence-electron chi connectivity index (χ4n) is 5.26. The van der Waals surface area contributed by atoms with E-state index in [-0.39, 0.29) is 11.7 Å². The lowest BCUT2D eigenvalue weighted by Gasteiger charge is -2.44. The van der Waals surface area contributed by atoms with E-state index in [0.29, 0.717) is 18.4 Å². The fraction of sp³-hybridized carbons (Fsp3) is 0.520. The molecule has 0 aromatic heterocycles. The maximum atomic E-state index is 6.31.